The number of carbonyl (C=O) groups is 2. The van der Waals surface area contributed by atoms with E-state index in [1.54, 1.807) is 11.3 Å². The molecule has 6 nitrogen and oxygen atoms in total. The van der Waals surface area contributed by atoms with Crippen LogP contribution in [0.25, 0.3) is 0 Å². The van der Waals surface area contributed by atoms with Gasteiger partial charge in [0.25, 0.3) is 0 Å². The highest BCUT2D eigenvalue weighted by molar-refractivity contribution is 7.09. The number of ether oxygens (including phenoxy) is 1. The molecule has 1 aromatic carbocycles. The molecule has 1 aliphatic heterocycles. The fraction of sp³-hybridized carbons (Fsp3) is 0.421. The molecule has 0 radical (unpaired) electrons. The molecule has 2 aromatic rings. The van der Waals surface area contributed by atoms with Gasteiger partial charge in [-0.25, -0.2) is 4.98 Å². The molecule has 2 heterocycles. The molecule has 3 rings (SSSR count). The molecule has 0 aliphatic carbocycles. The monoisotopic (exact) mass is 373 g/mol. The lowest BCUT2D eigenvalue weighted by atomic mass is 10.2. The average molecular weight is 373 g/mol. The Labute approximate surface area is 157 Å². The highest BCUT2D eigenvalue weighted by Gasteiger charge is 2.24. The zero-order valence-corrected chi connectivity index (χ0v) is 15.7. The van der Waals surface area contributed by atoms with Gasteiger partial charge >= 0.3 is 0 Å². The van der Waals surface area contributed by atoms with Crippen molar-refractivity contribution in [1.29, 1.82) is 0 Å². The number of amides is 2. The van der Waals surface area contributed by atoms with Gasteiger partial charge in [-0.3, -0.25) is 9.59 Å². The first-order valence-electron chi connectivity index (χ1n) is 8.76. The SMILES string of the molecule is Cc1nc(CC(=O)N2CCN(C(=O)CCOc3ccccc3)CC2)cs1. The van der Waals surface area contributed by atoms with Gasteiger partial charge in [0.2, 0.25) is 11.8 Å². The molecule has 0 N–H and O–H groups in total. The Hall–Kier alpha value is -2.41. The Morgan fingerprint density at radius 2 is 1.73 bits per heavy atom. The summed E-state index contributed by atoms with van der Waals surface area (Å²) in [7, 11) is 0. The van der Waals surface area contributed by atoms with E-state index in [1.165, 1.54) is 0 Å². The first kappa shape index (κ1) is 18.4. The van der Waals surface area contributed by atoms with Crippen LogP contribution in [-0.2, 0) is 16.0 Å². The van der Waals surface area contributed by atoms with Gasteiger partial charge in [0, 0.05) is 31.6 Å². The van der Waals surface area contributed by atoms with Gasteiger partial charge in [-0.15, -0.1) is 11.3 Å². The Morgan fingerprint density at radius 1 is 1.08 bits per heavy atom. The van der Waals surface area contributed by atoms with Crippen molar-refractivity contribution in [1.82, 2.24) is 14.8 Å². The topological polar surface area (TPSA) is 62.7 Å². The summed E-state index contributed by atoms with van der Waals surface area (Å²) in [6.45, 7) is 4.61. The molecule has 0 saturated carbocycles. The number of hydrogen-bond donors (Lipinski definition) is 0. The number of aryl methyl sites for hydroxylation is 1. The molecule has 1 saturated heterocycles. The minimum absolute atomic E-state index is 0.0724. The molecule has 7 heteroatoms. The third-order valence-electron chi connectivity index (χ3n) is 4.31. The first-order chi connectivity index (χ1) is 12.6. The standard InChI is InChI=1S/C19H23N3O3S/c1-15-20-16(14-26-15)13-19(24)22-10-8-21(9-11-22)18(23)7-12-25-17-5-3-2-4-6-17/h2-6,14H,7-13H2,1H3. The van der Waals surface area contributed by atoms with Crippen molar-refractivity contribution in [3.8, 4) is 5.75 Å². The minimum Gasteiger partial charge on any atom is -0.493 e. The summed E-state index contributed by atoms with van der Waals surface area (Å²) in [6.07, 6.45) is 0.685. The molecule has 0 bridgehead atoms. The minimum atomic E-state index is 0.0724. The number of aromatic nitrogens is 1. The quantitative estimate of drug-likeness (QED) is 0.778. The van der Waals surface area contributed by atoms with Crippen molar-refractivity contribution in [3.63, 3.8) is 0 Å². The van der Waals surface area contributed by atoms with Crippen LogP contribution in [0.15, 0.2) is 35.7 Å². The number of benzene rings is 1. The maximum Gasteiger partial charge on any atom is 0.228 e. The number of carbonyl (C=O) groups excluding carboxylic acids is 2. The summed E-state index contributed by atoms with van der Waals surface area (Å²) in [6, 6.07) is 9.48. The van der Waals surface area contributed by atoms with Crippen LogP contribution in [0, 0.1) is 6.92 Å². The number of rotatable bonds is 6. The number of nitrogens with zero attached hydrogens (tertiary/aromatic N) is 3. The summed E-state index contributed by atoms with van der Waals surface area (Å²) in [5.74, 6) is 0.922. The van der Waals surface area contributed by atoms with Gasteiger partial charge in [-0.1, -0.05) is 18.2 Å². The van der Waals surface area contributed by atoms with Crippen LogP contribution in [0.5, 0.6) is 5.75 Å². The van der Waals surface area contributed by atoms with Crippen molar-refractivity contribution in [2.24, 2.45) is 0 Å². The summed E-state index contributed by atoms with van der Waals surface area (Å²) in [5.41, 5.74) is 0.828. The summed E-state index contributed by atoms with van der Waals surface area (Å²) in [4.78, 5) is 32.6. The molecule has 0 spiro atoms. The molecule has 1 aromatic heterocycles. The Kier molecular flexibility index (Phi) is 6.22. The van der Waals surface area contributed by atoms with E-state index in [0.717, 1.165) is 16.5 Å². The smallest absolute Gasteiger partial charge is 0.228 e. The van der Waals surface area contributed by atoms with Crippen LogP contribution in [0.1, 0.15) is 17.1 Å². The molecule has 26 heavy (non-hydrogen) atoms. The lowest BCUT2D eigenvalue weighted by Crippen LogP contribution is -2.51. The predicted octanol–water partition coefficient (Wildman–Crippen LogP) is 2.13. The van der Waals surface area contributed by atoms with Crippen molar-refractivity contribution >= 4 is 23.2 Å². The second-order valence-electron chi connectivity index (χ2n) is 6.21. The summed E-state index contributed by atoms with van der Waals surface area (Å²) >= 11 is 1.56. The molecule has 1 aliphatic rings. The predicted molar refractivity (Wildman–Crippen MR) is 100 cm³/mol. The van der Waals surface area contributed by atoms with Crippen molar-refractivity contribution in [2.45, 2.75) is 19.8 Å². The average Bonchev–Trinajstić information content (AvgIpc) is 3.07. The molecule has 0 atom stereocenters. The van der Waals surface area contributed by atoms with Gasteiger partial charge in [0.05, 0.1) is 30.2 Å². The van der Waals surface area contributed by atoms with Crippen LogP contribution >= 0.6 is 11.3 Å². The van der Waals surface area contributed by atoms with Crippen molar-refractivity contribution in [2.75, 3.05) is 32.8 Å². The van der Waals surface area contributed by atoms with Crippen LogP contribution in [0.3, 0.4) is 0 Å². The van der Waals surface area contributed by atoms with Crippen LogP contribution in [0.2, 0.25) is 0 Å². The van der Waals surface area contributed by atoms with Crippen LogP contribution in [-0.4, -0.2) is 59.4 Å². The summed E-state index contributed by atoms with van der Waals surface area (Å²) < 4.78 is 5.58. The number of para-hydroxylation sites is 1. The second-order valence-corrected chi connectivity index (χ2v) is 7.27. The van der Waals surface area contributed by atoms with E-state index in [2.05, 4.69) is 4.98 Å². The van der Waals surface area contributed by atoms with E-state index >= 15 is 0 Å². The maximum absolute atomic E-state index is 12.3. The van der Waals surface area contributed by atoms with Gasteiger partial charge in [0.1, 0.15) is 5.75 Å². The fourth-order valence-electron chi connectivity index (χ4n) is 2.89. The van der Waals surface area contributed by atoms with Crippen molar-refractivity contribution in [3.05, 3.63) is 46.4 Å². The Morgan fingerprint density at radius 3 is 2.35 bits per heavy atom. The van der Waals surface area contributed by atoms with E-state index < -0.39 is 0 Å². The molecule has 1 fully saturated rings. The Balaban J connectivity index is 1.38. The molecular weight excluding hydrogens is 350 g/mol. The third-order valence-corrected chi connectivity index (χ3v) is 5.13. The normalized spacial score (nSPS) is 14.3. The Bertz CT molecular complexity index is 739. The largest absolute Gasteiger partial charge is 0.493 e. The van der Waals surface area contributed by atoms with Crippen molar-refractivity contribution < 1.29 is 14.3 Å². The summed E-state index contributed by atoms with van der Waals surface area (Å²) in [5, 5.41) is 2.90. The fourth-order valence-corrected chi connectivity index (χ4v) is 3.51. The highest BCUT2D eigenvalue weighted by Crippen LogP contribution is 2.12. The molecule has 2 amide bonds. The van der Waals surface area contributed by atoms with E-state index in [1.807, 2.05) is 52.4 Å². The highest BCUT2D eigenvalue weighted by atomic mass is 32.1. The van der Waals surface area contributed by atoms with E-state index in [-0.39, 0.29) is 11.8 Å². The van der Waals surface area contributed by atoms with Crippen LogP contribution in [0.4, 0.5) is 0 Å². The first-order valence-corrected chi connectivity index (χ1v) is 9.64. The number of thiazole rings is 1. The van der Waals surface area contributed by atoms with Gasteiger partial charge in [0.15, 0.2) is 0 Å². The van der Waals surface area contributed by atoms with E-state index in [0.29, 0.717) is 45.6 Å². The zero-order valence-electron chi connectivity index (χ0n) is 14.9. The second kappa shape index (κ2) is 8.80. The maximum atomic E-state index is 12.3. The molecule has 0 unspecified atom stereocenters. The zero-order chi connectivity index (χ0) is 18.4. The van der Waals surface area contributed by atoms with Crippen LogP contribution < -0.4 is 4.74 Å². The number of piperazine rings is 1. The van der Waals surface area contributed by atoms with Gasteiger partial charge in [-0.05, 0) is 19.1 Å². The van der Waals surface area contributed by atoms with Gasteiger partial charge < -0.3 is 14.5 Å². The number of hydrogen-bond acceptors (Lipinski definition) is 5. The van der Waals surface area contributed by atoms with E-state index in [4.69, 9.17) is 4.74 Å². The lowest BCUT2D eigenvalue weighted by molar-refractivity contribution is -0.139. The third kappa shape index (κ3) is 5.05. The molecule has 138 valence electrons. The lowest BCUT2D eigenvalue weighted by Gasteiger charge is -2.34. The van der Waals surface area contributed by atoms with E-state index in [9.17, 15) is 9.59 Å². The van der Waals surface area contributed by atoms with Gasteiger partial charge in [-0.2, -0.15) is 0 Å². The molecular formula is C19H23N3O3S.